The third kappa shape index (κ3) is 4.66. The summed E-state index contributed by atoms with van der Waals surface area (Å²) < 4.78 is 6.60. The van der Waals surface area contributed by atoms with E-state index in [4.69, 9.17) is 4.74 Å². The van der Waals surface area contributed by atoms with Crippen molar-refractivity contribution < 1.29 is 9.53 Å². The van der Waals surface area contributed by atoms with E-state index in [-0.39, 0.29) is 5.91 Å². The van der Waals surface area contributed by atoms with Crippen molar-refractivity contribution in [3.05, 3.63) is 28.2 Å². The summed E-state index contributed by atoms with van der Waals surface area (Å²) in [6.07, 6.45) is 0.369. The Labute approximate surface area is 116 Å². The Morgan fingerprint density at radius 2 is 2.22 bits per heavy atom. The third-order valence-corrected chi connectivity index (χ3v) is 2.99. The van der Waals surface area contributed by atoms with Crippen LogP contribution in [0.15, 0.2) is 22.7 Å². The molecule has 5 heteroatoms. The number of halogens is 1. The van der Waals surface area contributed by atoms with Gasteiger partial charge in [-0.3, -0.25) is 4.79 Å². The molecule has 0 fully saturated rings. The highest BCUT2D eigenvalue weighted by atomic mass is 79.9. The predicted octanol–water partition coefficient (Wildman–Crippen LogP) is 2.07. The van der Waals surface area contributed by atoms with E-state index in [9.17, 15) is 4.79 Å². The topological polar surface area (TPSA) is 50.4 Å². The van der Waals surface area contributed by atoms with Crippen LogP contribution in [0.2, 0.25) is 0 Å². The molecule has 1 rings (SSSR count). The number of nitrogens with one attached hydrogen (secondary N) is 2. The molecule has 4 nitrogen and oxygen atoms in total. The second kappa shape index (κ2) is 8.11. The third-order valence-electron chi connectivity index (χ3n) is 2.37. The maximum Gasteiger partial charge on any atom is 0.223 e. The van der Waals surface area contributed by atoms with Crippen molar-refractivity contribution in [1.82, 2.24) is 10.6 Å². The van der Waals surface area contributed by atoms with Gasteiger partial charge in [-0.15, -0.1) is 0 Å². The predicted molar refractivity (Wildman–Crippen MR) is 75.7 cm³/mol. The van der Waals surface area contributed by atoms with Crippen molar-refractivity contribution in [3.63, 3.8) is 0 Å². The van der Waals surface area contributed by atoms with Crippen LogP contribution < -0.4 is 15.4 Å². The van der Waals surface area contributed by atoms with E-state index >= 15 is 0 Å². The fraction of sp³-hybridized carbons (Fsp3) is 0.462. The molecule has 100 valence electrons. The summed E-state index contributed by atoms with van der Waals surface area (Å²) in [7, 11) is 1.89. The quantitative estimate of drug-likeness (QED) is 0.810. The summed E-state index contributed by atoms with van der Waals surface area (Å²) in [6, 6.07) is 5.90. The first-order chi connectivity index (χ1) is 8.69. The molecule has 0 atom stereocenters. The summed E-state index contributed by atoms with van der Waals surface area (Å²) in [5.74, 6) is 0.816. The molecule has 1 aromatic rings. The largest absolute Gasteiger partial charge is 0.492 e. The van der Waals surface area contributed by atoms with Crippen LogP contribution in [0.25, 0.3) is 0 Å². The minimum atomic E-state index is 0.0136. The molecule has 0 unspecified atom stereocenters. The molecule has 0 bridgehead atoms. The van der Waals surface area contributed by atoms with Crippen molar-refractivity contribution >= 4 is 21.8 Å². The van der Waals surface area contributed by atoms with Crippen molar-refractivity contribution in [3.8, 4) is 5.75 Å². The van der Waals surface area contributed by atoms with E-state index in [2.05, 4.69) is 26.6 Å². The monoisotopic (exact) mass is 314 g/mol. The highest BCUT2D eigenvalue weighted by molar-refractivity contribution is 9.10. The number of hydrogen-bond acceptors (Lipinski definition) is 3. The lowest BCUT2D eigenvalue weighted by atomic mass is 10.2. The van der Waals surface area contributed by atoms with E-state index < -0.39 is 0 Å². The lowest BCUT2D eigenvalue weighted by molar-refractivity contribution is -0.121. The Balaban J connectivity index is 2.57. The zero-order valence-corrected chi connectivity index (χ0v) is 12.3. The van der Waals surface area contributed by atoms with Gasteiger partial charge in [0.15, 0.2) is 0 Å². The van der Waals surface area contributed by atoms with Gasteiger partial charge in [0, 0.05) is 18.7 Å². The molecule has 0 saturated heterocycles. The van der Waals surface area contributed by atoms with E-state index in [0.29, 0.717) is 19.6 Å². The molecule has 0 aromatic heterocycles. The average Bonchev–Trinajstić information content (AvgIpc) is 2.33. The second-order valence-electron chi connectivity index (χ2n) is 3.81. The first kappa shape index (κ1) is 15.0. The Kier molecular flexibility index (Phi) is 6.75. The fourth-order valence-electron chi connectivity index (χ4n) is 1.58. The highest BCUT2D eigenvalue weighted by Gasteiger charge is 2.08. The van der Waals surface area contributed by atoms with Crippen LogP contribution in [0.4, 0.5) is 0 Å². The molecule has 18 heavy (non-hydrogen) atoms. The smallest absolute Gasteiger partial charge is 0.223 e. The molecule has 0 radical (unpaired) electrons. The lowest BCUT2D eigenvalue weighted by Crippen LogP contribution is -2.24. The first-order valence-corrected chi connectivity index (χ1v) is 6.79. The van der Waals surface area contributed by atoms with Gasteiger partial charge in [0.25, 0.3) is 0 Å². The maximum atomic E-state index is 11.3. The van der Waals surface area contributed by atoms with E-state index in [0.717, 1.165) is 22.3 Å². The molecule has 0 heterocycles. The summed E-state index contributed by atoms with van der Waals surface area (Å²) in [6.45, 7) is 3.66. The van der Waals surface area contributed by atoms with Gasteiger partial charge in [0.05, 0.1) is 17.5 Å². The lowest BCUT2D eigenvalue weighted by Gasteiger charge is -2.13. The van der Waals surface area contributed by atoms with E-state index in [1.165, 1.54) is 0 Å². The molecule has 0 aliphatic carbocycles. The summed E-state index contributed by atoms with van der Waals surface area (Å²) in [5, 5.41) is 5.83. The molecule has 0 aliphatic heterocycles. The van der Waals surface area contributed by atoms with Crippen molar-refractivity contribution in [2.45, 2.75) is 19.9 Å². The van der Waals surface area contributed by atoms with Crippen LogP contribution in [0.3, 0.4) is 0 Å². The van der Waals surface area contributed by atoms with Crippen LogP contribution in [-0.2, 0) is 11.3 Å². The minimum Gasteiger partial charge on any atom is -0.492 e. The molecule has 0 aliphatic rings. The number of ether oxygens (including phenoxy) is 1. The zero-order chi connectivity index (χ0) is 13.4. The van der Waals surface area contributed by atoms with E-state index in [1.807, 2.05) is 32.2 Å². The number of carbonyl (C=O) groups is 1. The summed E-state index contributed by atoms with van der Waals surface area (Å²) in [5.41, 5.74) is 1.07. The van der Waals surface area contributed by atoms with Gasteiger partial charge in [-0.2, -0.15) is 0 Å². The highest BCUT2D eigenvalue weighted by Crippen LogP contribution is 2.29. The second-order valence-corrected chi connectivity index (χ2v) is 4.66. The van der Waals surface area contributed by atoms with Gasteiger partial charge in [-0.25, -0.2) is 0 Å². The van der Waals surface area contributed by atoms with Gasteiger partial charge in [0.2, 0.25) is 5.91 Å². The molecule has 1 amide bonds. The van der Waals surface area contributed by atoms with Crippen LogP contribution in [-0.4, -0.2) is 26.1 Å². The molecule has 2 N–H and O–H groups in total. The van der Waals surface area contributed by atoms with Gasteiger partial charge < -0.3 is 15.4 Å². The number of hydrogen-bond donors (Lipinski definition) is 2. The van der Waals surface area contributed by atoms with Crippen LogP contribution in [0.5, 0.6) is 5.75 Å². The van der Waals surface area contributed by atoms with Crippen molar-refractivity contribution in [1.29, 1.82) is 0 Å². The number of benzene rings is 1. The Hall–Kier alpha value is -1.07. The molecular weight excluding hydrogens is 296 g/mol. The minimum absolute atomic E-state index is 0.0136. The average molecular weight is 315 g/mol. The first-order valence-electron chi connectivity index (χ1n) is 6.00. The summed E-state index contributed by atoms with van der Waals surface area (Å²) >= 11 is 3.46. The molecule has 1 aromatic carbocycles. The Bertz CT molecular complexity index is 397. The van der Waals surface area contributed by atoms with Gasteiger partial charge >= 0.3 is 0 Å². The van der Waals surface area contributed by atoms with Crippen LogP contribution >= 0.6 is 15.9 Å². The molecule has 0 spiro atoms. The molecule has 0 saturated carbocycles. The summed E-state index contributed by atoms with van der Waals surface area (Å²) in [4.78, 5) is 11.3. The SMILES string of the molecule is CCNC(=O)CCOc1c(Br)cccc1CNC. The Morgan fingerprint density at radius 3 is 2.89 bits per heavy atom. The number of rotatable bonds is 7. The Morgan fingerprint density at radius 1 is 1.44 bits per heavy atom. The number of para-hydroxylation sites is 1. The molecular formula is C13H19BrN2O2. The van der Waals surface area contributed by atoms with Crippen molar-refractivity contribution in [2.24, 2.45) is 0 Å². The van der Waals surface area contributed by atoms with Gasteiger partial charge in [-0.05, 0) is 36.0 Å². The zero-order valence-electron chi connectivity index (χ0n) is 10.8. The van der Waals surface area contributed by atoms with Crippen molar-refractivity contribution in [2.75, 3.05) is 20.2 Å². The standard InChI is InChI=1S/C13H19BrN2O2/c1-3-16-12(17)7-8-18-13-10(9-15-2)5-4-6-11(13)14/h4-6,15H,3,7-9H2,1-2H3,(H,16,17). The number of amides is 1. The van der Waals surface area contributed by atoms with Crippen LogP contribution in [0, 0.1) is 0 Å². The normalized spacial score (nSPS) is 10.2. The van der Waals surface area contributed by atoms with Gasteiger partial charge in [-0.1, -0.05) is 12.1 Å². The van der Waals surface area contributed by atoms with Gasteiger partial charge in [0.1, 0.15) is 5.75 Å². The number of carbonyl (C=O) groups excluding carboxylic acids is 1. The van der Waals surface area contributed by atoms with Crippen LogP contribution in [0.1, 0.15) is 18.9 Å². The maximum absolute atomic E-state index is 11.3. The van der Waals surface area contributed by atoms with E-state index in [1.54, 1.807) is 0 Å². The fourth-order valence-corrected chi connectivity index (χ4v) is 2.10.